The Morgan fingerprint density at radius 2 is 1.56 bits per heavy atom. The van der Waals surface area contributed by atoms with E-state index in [1.807, 2.05) is 0 Å². The molecular formula is C31H38O10. The molecular weight excluding hydrogens is 532 g/mol. The van der Waals surface area contributed by atoms with E-state index >= 15 is 0 Å². The Kier molecular flexibility index (Phi) is 7.58. The van der Waals surface area contributed by atoms with Crippen LogP contribution in [0.25, 0.3) is 0 Å². The van der Waals surface area contributed by atoms with Crippen LogP contribution in [0.3, 0.4) is 0 Å². The first-order valence-corrected chi connectivity index (χ1v) is 13.7. The van der Waals surface area contributed by atoms with Crippen molar-refractivity contribution in [1.29, 1.82) is 0 Å². The van der Waals surface area contributed by atoms with Crippen molar-refractivity contribution in [2.75, 3.05) is 0 Å². The highest BCUT2D eigenvalue weighted by Crippen LogP contribution is 2.66. The van der Waals surface area contributed by atoms with Gasteiger partial charge in [-0.1, -0.05) is 45.0 Å². The maximum Gasteiger partial charge on any atom is 0.338 e. The fourth-order valence-electron chi connectivity index (χ4n) is 7.77. The first-order chi connectivity index (χ1) is 19.0. The average molecular weight is 571 g/mol. The molecule has 3 aliphatic rings. The van der Waals surface area contributed by atoms with Crippen LogP contribution in [0.15, 0.2) is 43.0 Å². The van der Waals surface area contributed by atoms with Gasteiger partial charge in [0.15, 0.2) is 17.5 Å². The van der Waals surface area contributed by atoms with Crippen molar-refractivity contribution in [3.8, 4) is 0 Å². The van der Waals surface area contributed by atoms with E-state index in [-0.39, 0.29) is 18.4 Å². The van der Waals surface area contributed by atoms with E-state index in [0.717, 1.165) is 13.8 Å². The number of esters is 3. The minimum absolute atomic E-state index is 0.147. The van der Waals surface area contributed by atoms with Crippen LogP contribution >= 0.6 is 0 Å². The highest BCUT2D eigenvalue weighted by Gasteiger charge is 2.78. The number of hydrogen-bond donors (Lipinski definition) is 2. The molecule has 0 amide bonds. The number of hydrogen-bond acceptors (Lipinski definition) is 10. The standard InChI is InChI=1S/C31H38O10/c1-8-29(6)15-19(34)23-30(7)20(14-21(39-16(2)32)31(23,38)27(29)37)28(4,5)24(35)22(40-17(3)33)25(30)41-26(36)18-12-10-9-11-13-18/h8-13,20-25,35,38H,1,14-15H2,2-7H3/t20-,21+,22-,23+,24+,25-,29+,30-,31-/m0/s1. The van der Waals surface area contributed by atoms with Crippen molar-refractivity contribution in [3.63, 3.8) is 0 Å². The molecule has 0 unspecified atom stereocenters. The summed E-state index contributed by atoms with van der Waals surface area (Å²) in [7, 11) is 0. The van der Waals surface area contributed by atoms with Crippen molar-refractivity contribution >= 4 is 29.5 Å². The molecule has 222 valence electrons. The molecule has 1 aromatic carbocycles. The molecule has 3 fully saturated rings. The molecule has 3 aliphatic carbocycles. The van der Waals surface area contributed by atoms with Gasteiger partial charge in [0.2, 0.25) is 0 Å². The van der Waals surface area contributed by atoms with Crippen LogP contribution in [0.2, 0.25) is 0 Å². The van der Waals surface area contributed by atoms with E-state index in [9.17, 15) is 34.2 Å². The van der Waals surface area contributed by atoms with E-state index in [1.165, 1.54) is 25.1 Å². The molecule has 0 spiro atoms. The maximum atomic E-state index is 14.2. The molecule has 0 bridgehead atoms. The highest BCUT2D eigenvalue weighted by atomic mass is 16.6. The van der Waals surface area contributed by atoms with Gasteiger partial charge in [-0.3, -0.25) is 19.2 Å². The number of carbonyl (C=O) groups is 5. The lowest BCUT2D eigenvalue weighted by Gasteiger charge is -2.67. The summed E-state index contributed by atoms with van der Waals surface area (Å²) < 4.78 is 17.2. The average Bonchev–Trinajstić information content (AvgIpc) is 2.89. The van der Waals surface area contributed by atoms with Crippen LogP contribution in [0.5, 0.6) is 0 Å². The Hall–Kier alpha value is -3.37. The third-order valence-electron chi connectivity index (χ3n) is 9.69. The minimum atomic E-state index is -2.52. The van der Waals surface area contributed by atoms with Crippen LogP contribution < -0.4 is 0 Å². The summed E-state index contributed by atoms with van der Waals surface area (Å²) in [5.41, 5.74) is -6.51. The second kappa shape index (κ2) is 10.2. The van der Waals surface area contributed by atoms with Gasteiger partial charge in [0.05, 0.1) is 16.9 Å². The second-order valence-electron chi connectivity index (χ2n) is 12.6. The Bertz CT molecular complexity index is 1290. The van der Waals surface area contributed by atoms with Gasteiger partial charge in [-0.25, -0.2) is 4.79 Å². The zero-order chi connectivity index (χ0) is 30.7. The number of allylic oxidation sites excluding steroid dienone is 1. The highest BCUT2D eigenvalue weighted by molar-refractivity contribution is 6.06. The van der Waals surface area contributed by atoms with E-state index in [4.69, 9.17) is 14.2 Å². The van der Waals surface area contributed by atoms with Crippen molar-refractivity contribution in [2.24, 2.45) is 28.1 Å². The summed E-state index contributed by atoms with van der Waals surface area (Å²) in [5.74, 6) is -5.93. The third kappa shape index (κ3) is 4.52. The van der Waals surface area contributed by atoms with Crippen LogP contribution in [-0.2, 0) is 33.4 Å². The van der Waals surface area contributed by atoms with Gasteiger partial charge in [-0.05, 0) is 36.8 Å². The number of ketones is 2. The Balaban J connectivity index is 1.99. The van der Waals surface area contributed by atoms with Crippen molar-refractivity contribution < 1.29 is 48.4 Å². The Labute approximate surface area is 239 Å². The van der Waals surface area contributed by atoms with Crippen molar-refractivity contribution in [2.45, 2.75) is 84.4 Å². The number of benzene rings is 1. The predicted octanol–water partition coefficient (Wildman–Crippen LogP) is 2.58. The van der Waals surface area contributed by atoms with E-state index in [0.29, 0.717) is 0 Å². The number of ether oxygens (including phenoxy) is 3. The summed E-state index contributed by atoms with van der Waals surface area (Å²) in [6.45, 7) is 12.5. The van der Waals surface area contributed by atoms with Gasteiger partial charge in [0.1, 0.15) is 24.1 Å². The Morgan fingerprint density at radius 3 is 2.10 bits per heavy atom. The molecule has 0 radical (unpaired) electrons. The Morgan fingerprint density at radius 1 is 0.976 bits per heavy atom. The number of Topliss-reactive ketones (excluding diaryl/α,β-unsaturated/α-hetero) is 2. The largest absolute Gasteiger partial charge is 0.459 e. The molecule has 3 saturated carbocycles. The fraction of sp³-hybridized carbons (Fsp3) is 0.581. The van der Waals surface area contributed by atoms with Crippen LogP contribution in [0, 0.1) is 28.1 Å². The lowest BCUT2D eigenvalue weighted by molar-refractivity contribution is -0.293. The van der Waals surface area contributed by atoms with Crippen molar-refractivity contribution in [3.05, 3.63) is 48.6 Å². The normalized spacial score (nSPS) is 39.5. The molecule has 0 heterocycles. The lowest BCUT2D eigenvalue weighted by Crippen LogP contribution is -2.80. The van der Waals surface area contributed by atoms with Crippen LogP contribution in [0.1, 0.15) is 64.7 Å². The van der Waals surface area contributed by atoms with Gasteiger partial charge < -0.3 is 24.4 Å². The molecule has 10 nitrogen and oxygen atoms in total. The number of aliphatic hydroxyl groups excluding tert-OH is 1. The fourth-order valence-corrected chi connectivity index (χ4v) is 7.77. The lowest BCUT2D eigenvalue weighted by atomic mass is 9.39. The zero-order valence-corrected chi connectivity index (χ0v) is 24.2. The van der Waals surface area contributed by atoms with Crippen LogP contribution in [-0.4, -0.2) is 69.7 Å². The number of carbonyl (C=O) groups excluding carboxylic acids is 5. The van der Waals surface area contributed by atoms with E-state index < -0.39 is 87.6 Å². The number of rotatable bonds is 5. The van der Waals surface area contributed by atoms with E-state index in [1.54, 1.807) is 39.0 Å². The van der Waals surface area contributed by atoms with Gasteiger partial charge in [-0.15, -0.1) is 6.58 Å². The molecule has 9 atom stereocenters. The molecule has 4 rings (SSSR count). The summed E-state index contributed by atoms with van der Waals surface area (Å²) in [4.78, 5) is 66.2. The van der Waals surface area contributed by atoms with Gasteiger partial charge in [0.25, 0.3) is 0 Å². The quantitative estimate of drug-likeness (QED) is 0.307. The van der Waals surface area contributed by atoms with Gasteiger partial charge >= 0.3 is 17.9 Å². The smallest absolute Gasteiger partial charge is 0.338 e. The minimum Gasteiger partial charge on any atom is -0.459 e. The maximum absolute atomic E-state index is 14.2. The number of aliphatic hydroxyl groups is 2. The molecule has 0 aromatic heterocycles. The number of fused-ring (bicyclic) bond motifs is 3. The van der Waals surface area contributed by atoms with Crippen LogP contribution in [0.4, 0.5) is 0 Å². The first-order valence-electron chi connectivity index (χ1n) is 13.7. The first kappa shape index (κ1) is 30.6. The molecule has 10 heteroatoms. The van der Waals surface area contributed by atoms with E-state index in [2.05, 4.69) is 6.58 Å². The molecule has 41 heavy (non-hydrogen) atoms. The van der Waals surface area contributed by atoms with Gasteiger partial charge in [-0.2, -0.15) is 0 Å². The molecule has 0 aliphatic heterocycles. The summed E-state index contributed by atoms with van der Waals surface area (Å²) in [6, 6.07) is 8.01. The summed E-state index contributed by atoms with van der Waals surface area (Å²) in [5, 5.41) is 24.0. The molecule has 0 saturated heterocycles. The monoisotopic (exact) mass is 570 g/mol. The summed E-state index contributed by atoms with van der Waals surface area (Å²) >= 11 is 0. The SMILES string of the molecule is C=C[C@]1(C)CC(=O)[C@H]2[C@](O)(C1=O)[C@H](OC(C)=O)C[C@H]1C(C)(C)[C@H](O)[C@H](OC(C)=O)[C@H](OC(=O)c3ccccc3)[C@@]12C. The zero-order valence-electron chi connectivity index (χ0n) is 24.2. The molecule has 2 N–H and O–H groups in total. The topological polar surface area (TPSA) is 153 Å². The predicted molar refractivity (Wildman–Crippen MR) is 144 cm³/mol. The molecule has 1 aromatic rings. The summed E-state index contributed by atoms with van der Waals surface area (Å²) in [6.07, 6.45) is -4.91. The second-order valence-corrected chi connectivity index (χ2v) is 12.6. The third-order valence-corrected chi connectivity index (χ3v) is 9.69. The van der Waals surface area contributed by atoms with Gasteiger partial charge in [0, 0.05) is 25.7 Å². The van der Waals surface area contributed by atoms with Crippen molar-refractivity contribution in [1.82, 2.24) is 0 Å².